The largest absolute Gasteiger partial charge is 0.467 e. The van der Waals surface area contributed by atoms with E-state index in [1.54, 1.807) is 60.7 Å². The lowest BCUT2D eigenvalue weighted by Gasteiger charge is -2.47. The molecule has 0 fully saturated rings. The average molecular weight is 674 g/mol. The van der Waals surface area contributed by atoms with Gasteiger partial charge < -0.3 is 28.6 Å². The molecular formula is C33H28ClF4N3O6. The van der Waals surface area contributed by atoms with Gasteiger partial charge in [0.25, 0.3) is 12.2 Å². The summed E-state index contributed by atoms with van der Waals surface area (Å²) in [6.45, 7) is 2.68. The highest BCUT2D eigenvalue weighted by atomic mass is 35.5. The Hall–Kier alpha value is -5.17. The van der Waals surface area contributed by atoms with Crippen LogP contribution in [-0.2, 0) is 9.53 Å². The summed E-state index contributed by atoms with van der Waals surface area (Å²) in [6.07, 6.45) is -6.73. The third kappa shape index (κ3) is 7.98. The molecule has 1 aliphatic heterocycles. The van der Waals surface area contributed by atoms with Gasteiger partial charge in [-0.3, -0.25) is 9.69 Å². The van der Waals surface area contributed by atoms with E-state index >= 15 is 4.39 Å². The van der Waals surface area contributed by atoms with Crippen LogP contribution in [0, 0.1) is 5.82 Å². The van der Waals surface area contributed by atoms with Gasteiger partial charge >= 0.3 is 12.1 Å². The topological polar surface area (TPSA) is 82.6 Å². The number of rotatable bonds is 10. The van der Waals surface area contributed by atoms with Gasteiger partial charge in [-0.1, -0.05) is 48.0 Å². The summed E-state index contributed by atoms with van der Waals surface area (Å²) in [6, 6.07) is 21.4. The molecule has 246 valence electrons. The standard InChI is InChI=1S/C33H28ClF4N3O6/c1-20(42)43-21(2)44-31-27(15-10-16-39-31)47-28-18-26(25(35)17-24(28)34)41-30(45-22-11-6-4-7-12-22)19-29(33(36,37)38)40(3)32(41)46-23-13-8-5-9-14-23/h4-19,21,30,32H,1-3H3. The van der Waals surface area contributed by atoms with Gasteiger partial charge in [0.1, 0.15) is 28.8 Å². The van der Waals surface area contributed by atoms with Crippen LogP contribution >= 0.6 is 11.6 Å². The summed E-state index contributed by atoms with van der Waals surface area (Å²) in [4.78, 5) is 17.5. The van der Waals surface area contributed by atoms with Crippen molar-refractivity contribution in [2.75, 3.05) is 11.9 Å². The van der Waals surface area contributed by atoms with Gasteiger partial charge in [0.15, 0.2) is 12.0 Å². The van der Waals surface area contributed by atoms with Crippen LogP contribution in [0.25, 0.3) is 0 Å². The van der Waals surface area contributed by atoms with E-state index in [1.807, 2.05) is 0 Å². The number of alkyl halides is 3. The molecule has 0 radical (unpaired) electrons. The zero-order chi connectivity index (χ0) is 33.7. The molecule has 1 aromatic heterocycles. The first-order valence-corrected chi connectivity index (χ1v) is 14.5. The molecule has 1 aliphatic rings. The van der Waals surface area contributed by atoms with E-state index in [9.17, 15) is 18.0 Å². The molecule has 3 aromatic carbocycles. The van der Waals surface area contributed by atoms with Gasteiger partial charge in [0, 0.05) is 39.2 Å². The van der Waals surface area contributed by atoms with Crippen molar-refractivity contribution in [3.63, 3.8) is 0 Å². The second kappa shape index (κ2) is 14.1. The number of carbonyl (C=O) groups is 1. The number of halogens is 5. The molecule has 0 aliphatic carbocycles. The smallest absolute Gasteiger partial charge is 0.431 e. The fourth-order valence-corrected chi connectivity index (χ4v) is 4.86. The Morgan fingerprint density at radius 1 is 0.936 bits per heavy atom. The van der Waals surface area contributed by atoms with E-state index in [4.69, 9.17) is 35.3 Å². The van der Waals surface area contributed by atoms with Crippen LogP contribution in [0.1, 0.15) is 13.8 Å². The minimum absolute atomic E-state index is 0.0233. The van der Waals surface area contributed by atoms with Crippen molar-refractivity contribution in [1.29, 1.82) is 0 Å². The molecule has 14 heteroatoms. The number of hydrogen-bond donors (Lipinski definition) is 0. The number of esters is 1. The van der Waals surface area contributed by atoms with Crippen molar-refractivity contribution in [2.24, 2.45) is 0 Å². The lowest BCUT2D eigenvalue weighted by Crippen LogP contribution is -2.60. The van der Waals surface area contributed by atoms with Crippen LogP contribution < -0.4 is 23.8 Å². The first-order chi connectivity index (χ1) is 22.4. The minimum atomic E-state index is -4.82. The van der Waals surface area contributed by atoms with Crippen molar-refractivity contribution in [3.8, 4) is 28.9 Å². The van der Waals surface area contributed by atoms with E-state index in [1.165, 1.54) is 50.2 Å². The minimum Gasteiger partial charge on any atom is -0.467 e. The molecule has 47 heavy (non-hydrogen) atoms. The number of nitrogens with zero attached hydrogens (tertiary/aromatic N) is 3. The van der Waals surface area contributed by atoms with Crippen molar-refractivity contribution in [3.05, 3.63) is 114 Å². The maximum absolute atomic E-state index is 16.0. The Bertz CT molecular complexity index is 1730. The van der Waals surface area contributed by atoms with Crippen LogP contribution in [0.3, 0.4) is 0 Å². The first kappa shape index (κ1) is 33.2. The Kier molecular flexibility index (Phi) is 9.95. The number of pyridine rings is 1. The van der Waals surface area contributed by atoms with Gasteiger partial charge in [0.05, 0.1) is 10.7 Å². The second-order valence-corrected chi connectivity index (χ2v) is 10.5. The molecule has 0 bridgehead atoms. The summed E-state index contributed by atoms with van der Waals surface area (Å²) < 4.78 is 87.8. The number of para-hydroxylation sites is 2. The highest BCUT2D eigenvalue weighted by Gasteiger charge is 2.48. The average Bonchev–Trinajstić information content (AvgIpc) is 3.01. The summed E-state index contributed by atoms with van der Waals surface area (Å²) in [5.74, 6) is -1.23. The fourth-order valence-electron chi connectivity index (χ4n) is 4.67. The second-order valence-electron chi connectivity index (χ2n) is 10.1. The monoisotopic (exact) mass is 673 g/mol. The zero-order valence-electron chi connectivity index (χ0n) is 25.2. The summed E-state index contributed by atoms with van der Waals surface area (Å²) in [7, 11) is 1.17. The van der Waals surface area contributed by atoms with E-state index in [-0.39, 0.29) is 39.6 Å². The zero-order valence-corrected chi connectivity index (χ0v) is 25.9. The van der Waals surface area contributed by atoms with Gasteiger partial charge in [-0.25, -0.2) is 9.37 Å². The van der Waals surface area contributed by atoms with E-state index in [0.29, 0.717) is 0 Å². The molecule has 0 saturated heterocycles. The maximum atomic E-state index is 16.0. The number of aromatic nitrogens is 1. The molecule has 0 spiro atoms. The van der Waals surface area contributed by atoms with Crippen molar-refractivity contribution in [2.45, 2.75) is 38.9 Å². The fraction of sp³-hybridized carbons (Fsp3) is 0.212. The lowest BCUT2D eigenvalue weighted by molar-refractivity contribution is -0.158. The molecule has 9 nitrogen and oxygen atoms in total. The van der Waals surface area contributed by atoms with E-state index in [2.05, 4.69) is 4.98 Å². The molecule has 2 heterocycles. The van der Waals surface area contributed by atoms with Crippen molar-refractivity contribution < 1.29 is 46.0 Å². The Labute approximate surface area is 272 Å². The normalized spacial score (nSPS) is 17.0. The van der Waals surface area contributed by atoms with Gasteiger partial charge in [-0.05, 0) is 42.5 Å². The van der Waals surface area contributed by atoms with Gasteiger partial charge in [0.2, 0.25) is 6.29 Å². The Balaban J connectivity index is 1.61. The Morgan fingerprint density at radius 2 is 1.57 bits per heavy atom. The number of hydrogen-bond acceptors (Lipinski definition) is 9. The number of benzene rings is 3. The van der Waals surface area contributed by atoms with Crippen LogP contribution in [0.15, 0.2) is 103 Å². The molecule has 3 unspecified atom stereocenters. The Morgan fingerprint density at radius 3 is 2.19 bits per heavy atom. The van der Waals surface area contributed by atoms with Crippen LogP contribution in [0.2, 0.25) is 5.02 Å². The van der Waals surface area contributed by atoms with Crippen LogP contribution in [0.5, 0.6) is 28.9 Å². The van der Waals surface area contributed by atoms with Crippen molar-refractivity contribution in [1.82, 2.24) is 9.88 Å². The predicted molar refractivity (Wildman–Crippen MR) is 164 cm³/mol. The summed E-state index contributed by atoms with van der Waals surface area (Å²) in [5.41, 5.74) is -1.34. The number of allylic oxidation sites excluding steroid dienone is 1. The summed E-state index contributed by atoms with van der Waals surface area (Å²) >= 11 is 6.41. The van der Waals surface area contributed by atoms with E-state index in [0.717, 1.165) is 17.0 Å². The number of ether oxygens (including phenoxy) is 5. The van der Waals surface area contributed by atoms with Gasteiger partial charge in [-0.15, -0.1) is 0 Å². The van der Waals surface area contributed by atoms with Crippen LogP contribution in [0.4, 0.5) is 23.2 Å². The van der Waals surface area contributed by atoms with E-state index < -0.39 is 42.5 Å². The molecule has 4 aromatic rings. The molecule has 0 saturated carbocycles. The number of anilines is 1. The van der Waals surface area contributed by atoms with Crippen LogP contribution in [-0.4, -0.2) is 47.9 Å². The molecular weight excluding hydrogens is 646 g/mol. The quantitative estimate of drug-likeness (QED) is 0.0947. The van der Waals surface area contributed by atoms with Gasteiger partial charge in [-0.2, -0.15) is 13.2 Å². The molecule has 3 atom stereocenters. The first-order valence-electron chi connectivity index (χ1n) is 14.1. The number of carbonyl (C=O) groups excluding carboxylic acids is 1. The van der Waals surface area contributed by atoms with Crippen molar-refractivity contribution >= 4 is 23.3 Å². The summed E-state index contributed by atoms with van der Waals surface area (Å²) in [5, 5.41) is -0.174. The third-order valence-electron chi connectivity index (χ3n) is 6.64. The molecule has 5 rings (SSSR count). The highest BCUT2D eigenvalue weighted by molar-refractivity contribution is 6.32. The molecule has 0 N–H and O–H groups in total. The SMILES string of the molecule is CC(=O)OC(C)Oc1ncccc1Oc1cc(N2C(Oc3ccccc3)C=C(C(F)(F)F)N(C)C2Oc2ccccc2)c(F)cc1Cl. The predicted octanol–water partition coefficient (Wildman–Crippen LogP) is 7.92. The highest BCUT2D eigenvalue weighted by Crippen LogP contribution is 2.43. The lowest BCUT2D eigenvalue weighted by atomic mass is 10.2. The molecule has 0 amide bonds. The third-order valence-corrected chi connectivity index (χ3v) is 6.94. The maximum Gasteiger partial charge on any atom is 0.431 e.